The molecule has 6 nitrogen and oxygen atoms in total. The van der Waals surface area contributed by atoms with E-state index in [2.05, 4.69) is 10.0 Å². The van der Waals surface area contributed by atoms with Crippen LogP contribution in [0.4, 0.5) is 11.4 Å². The molecule has 0 fully saturated rings. The zero-order valence-electron chi connectivity index (χ0n) is 18.2. The Kier molecular flexibility index (Phi) is 6.36. The third-order valence-electron chi connectivity index (χ3n) is 5.02. The van der Waals surface area contributed by atoms with E-state index in [1.54, 1.807) is 37.3 Å². The van der Waals surface area contributed by atoms with Crippen LogP contribution in [0.3, 0.4) is 0 Å². The summed E-state index contributed by atoms with van der Waals surface area (Å²) in [5.41, 5.74) is 5.41. The Morgan fingerprint density at radius 3 is 2.00 bits per heavy atom. The third kappa shape index (κ3) is 5.06. The number of aryl methyl sites for hydroxylation is 4. The molecule has 31 heavy (non-hydrogen) atoms. The molecule has 3 aromatic rings. The van der Waals surface area contributed by atoms with Gasteiger partial charge in [-0.3, -0.25) is 9.52 Å². The average Bonchev–Trinajstić information content (AvgIpc) is 2.72. The van der Waals surface area contributed by atoms with Crippen LogP contribution >= 0.6 is 0 Å². The molecule has 0 unspecified atom stereocenters. The number of methoxy groups -OCH3 is 1. The predicted octanol–water partition coefficient (Wildman–Crippen LogP) is 4.98. The second-order valence-electron chi connectivity index (χ2n) is 7.54. The lowest BCUT2D eigenvalue weighted by Gasteiger charge is -2.15. The fourth-order valence-electron chi connectivity index (χ4n) is 3.44. The molecule has 162 valence electrons. The van der Waals surface area contributed by atoms with Gasteiger partial charge in [-0.25, -0.2) is 8.42 Å². The summed E-state index contributed by atoms with van der Waals surface area (Å²) in [6.07, 6.45) is 0. The van der Waals surface area contributed by atoms with Crippen LogP contribution in [0.2, 0.25) is 0 Å². The van der Waals surface area contributed by atoms with E-state index < -0.39 is 10.0 Å². The van der Waals surface area contributed by atoms with Gasteiger partial charge in [0.15, 0.2) is 0 Å². The SMILES string of the molecule is COc1ccc(S(=O)(=O)Nc2ccc(C(=O)Nc3c(C)cc(C)cc3C)cc2C)cc1. The Bertz CT molecular complexity index is 1210. The first-order valence-electron chi connectivity index (χ1n) is 9.77. The highest BCUT2D eigenvalue weighted by molar-refractivity contribution is 7.92. The van der Waals surface area contributed by atoms with Gasteiger partial charge in [0.1, 0.15) is 5.75 Å². The van der Waals surface area contributed by atoms with Crippen molar-refractivity contribution in [1.82, 2.24) is 0 Å². The zero-order valence-corrected chi connectivity index (χ0v) is 19.1. The van der Waals surface area contributed by atoms with Crippen LogP contribution in [0.25, 0.3) is 0 Å². The minimum Gasteiger partial charge on any atom is -0.497 e. The number of rotatable bonds is 6. The summed E-state index contributed by atoms with van der Waals surface area (Å²) in [4.78, 5) is 12.9. The van der Waals surface area contributed by atoms with E-state index in [-0.39, 0.29) is 10.8 Å². The third-order valence-corrected chi connectivity index (χ3v) is 6.40. The molecule has 3 rings (SSSR count). The number of hydrogen-bond acceptors (Lipinski definition) is 4. The maximum Gasteiger partial charge on any atom is 0.261 e. The number of nitrogens with one attached hydrogen (secondary N) is 2. The molecule has 1 amide bonds. The van der Waals surface area contributed by atoms with Crippen LogP contribution < -0.4 is 14.8 Å². The molecule has 0 aliphatic rings. The van der Waals surface area contributed by atoms with Crippen LogP contribution in [-0.4, -0.2) is 21.4 Å². The van der Waals surface area contributed by atoms with Gasteiger partial charge in [0, 0.05) is 11.3 Å². The minimum atomic E-state index is -3.76. The lowest BCUT2D eigenvalue weighted by molar-refractivity contribution is 0.102. The smallest absolute Gasteiger partial charge is 0.261 e. The monoisotopic (exact) mass is 438 g/mol. The van der Waals surface area contributed by atoms with Gasteiger partial charge < -0.3 is 10.1 Å². The van der Waals surface area contributed by atoms with E-state index in [1.807, 2.05) is 32.9 Å². The van der Waals surface area contributed by atoms with Crippen LogP contribution in [0.5, 0.6) is 5.75 Å². The van der Waals surface area contributed by atoms with Gasteiger partial charge in [-0.1, -0.05) is 17.7 Å². The van der Waals surface area contributed by atoms with Crippen molar-refractivity contribution in [3.8, 4) is 5.75 Å². The van der Waals surface area contributed by atoms with Gasteiger partial charge >= 0.3 is 0 Å². The number of hydrogen-bond donors (Lipinski definition) is 2. The van der Waals surface area contributed by atoms with Crippen molar-refractivity contribution in [2.45, 2.75) is 32.6 Å². The number of carbonyl (C=O) groups is 1. The first kappa shape index (κ1) is 22.4. The fraction of sp³-hybridized carbons (Fsp3) is 0.208. The van der Waals surface area contributed by atoms with Gasteiger partial charge in [0.05, 0.1) is 17.7 Å². The summed E-state index contributed by atoms with van der Waals surface area (Å²) in [5, 5.41) is 2.96. The van der Waals surface area contributed by atoms with Crippen molar-refractivity contribution in [1.29, 1.82) is 0 Å². The topological polar surface area (TPSA) is 84.5 Å². The van der Waals surface area contributed by atoms with Crippen LogP contribution in [0.1, 0.15) is 32.6 Å². The van der Waals surface area contributed by atoms with E-state index in [0.717, 1.165) is 22.4 Å². The molecular weight excluding hydrogens is 412 g/mol. The van der Waals surface area contributed by atoms with E-state index in [1.165, 1.54) is 19.2 Å². The van der Waals surface area contributed by atoms with Gasteiger partial charge in [0.25, 0.3) is 15.9 Å². The van der Waals surface area contributed by atoms with Crippen molar-refractivity contribution in [3.05, 3.63) is 82.4 Å². The molecule has 0 radical (unpaired) electrons. The molecule has 0 heterocycles. The summed E-state index contributed by atoms with van der Waals surface area (Å²) in [7, 11) is -2.25. The summed E-state index contributed by atoms with van der Waals surface area (Å²) < 4.78 is 33.0. The number of benzene rings is 3. The number of anilines is 2. The second kappa shape index (κ2) is 8.81. The maximum atomic E-state index is 12.8. The predicted molar refractivity (Wildman–Crippen MR) is 124 cm³/mol. The first-order chi connectivity index (χ1) is 14.6. The van der Waals surface area contributed by atoms with Crippen molar-refractivity contribution < 1.29 is 17.9 Å². The lowest BCUT2D eigenvalue weighted by Crippen LogP contribution is -2.16. The van der Waals surface area contributed by atoms with E-state index in [0.29, 0.717) is 22.6 Å². The van der Waals surface area contributed by atoms with Gasteiger partial charge in [-0.05, 0) is 86.8 Å². The highest BCUT2D eigenvalue weighted by Gasteiger charge is 2.17. The van der Waals surface area contributed by atoms with Crippen molar-refractivity contribution in [2.75, 3.05) is 17.1 Å². The molecular formula is C24H26N2O4S. The van der Waals surface area contributed by atoms with Gasteiger partial charge in [-0.15, -0.1) is 0 Å². The van der Waals surface area contributed by atoms with Crippen LogP contribution in [0, 0.1) is 27.7 Å². The molecule has 7 heteroatoms. The highest BCUT2D eigenvalue weighted by Crippen LogP contribution is 2.25. The van der Waals surface area contributed by atoms with Crippen molar-refractivity contribution in [3.63, 3.8) is 0 Å². The number of sulfonamides is 1. The average molecular weight is 439 g/mol. The number of amides is 1. The quantitative estimate of drug-likeness (QED) is 0.568. The Morgan fingerprint density at radius 1 is 0.839 bits per heavy atom. The first-order valence-corrected chi connectivity index (χ1v) is 11.3. The van der Waals surface area contributed by atoms with Crippen LogP contribution in [0.15, 0.2) is 59.5 Å². The molecule has 0 saturated heterocycles. The van der Waals surface area contributed by atoms with E-state index in [9.17, 15) is 13.2 Å². The number of carbonyl (C=O) groups excluding carboxylic acids is 1. The molecule has 0 aliphatic carbocycles. The summed E-state index contributed by atoms with van der Waals surface area (Å²) in [5.74, 6) is 0.326. The van der Waals surface area contributed by atoms with Gasteiger partial charge in [0.2, 0.25) is 0 Å². The highest BCUT2D eigenvalue weighted by atomic mass is 32.2. The van der Waals surface area contributed by atoms with E-state index in [4.69, 9.17) is 4.74 Å². The fourth-order valence-corrected chi connectivity index (χ4v) is 4.57. The van der Waals surface area contributed by atoms with Crippen molar-refractivity contribution >= 4 is 27.3 Å². The normalized spacial score (nSPS) is 11.1. The van der Waals surface area contributed by atoms with Crippen LogP contribution in [-0.2, 0) is 10.0 Å². The zero-order chi connectivity index (χ0) is 22.8. The van der Waals surface area contributed by atoms with Gasteiger partial charge in [-0.2, -0.15) is 0 Å². The Hall–Kier alpha value is -3.32. The summed E-state index contributed by atoms with van der Waals surface area (Å²) in [6, 6.07) is 15.0. The summed E-state index contributed by atoms with van der Waals surface area (Å²) >= 11 is 0. The largest absolute Gasteiger partial charge is 0.497 e. The Labute approximate surface area is 183 Å². The Balaban J connectivity index is 1.80. The van der Waals surface area contributed by atoms with E-state index >= 15 is 0 Å². The standard InChI is InChI=1S/C24H26N2O4S/c1-15-12-17(3)23(18(4)13-15)25-24(27)19-6-11-22(16(2)14-19)26-31(28,29)21-9-7-20(30-5)8-10-21/h6-14,26H,1-5H3,(H,25,27). The maximum absolute atomic E-state index is 12.8. The minimum absolute atomic E-state index is 0.125. The molecule has 3 aromatic carbocycles. The molecule has 0 aromatic heterocycles. The summed E-state index contributed by atoms with van der Waals surface area (Å²) in [6.45, 7) is 7.68. The lowest BCUT2D eigenvalue weighted by atomic mass is 10.0. The molecule has 2 N–H and O–H groups in total. The molecule has 0 bridgehead atoms. The Morgan fingerprint density at radius 2 is 1.45 bits per heavy atom. The second-order valence-corrected chi connectivity index (χ2v) is 9.22. The molecule has 0 aliphatic heterocycles. The van der Waals surface area contributed by atoms with Crippen molar-refractivity contribution in [2.24, 2.45) is 0 Å². The molecule has 0 saturated carbocycles. The molecule has 0 spiro atoms. The number of ether oxygens (including phenoxy) is 1. The molecule has 0 atom stereocenters.